The van der Waals surface area contributed by atoms with Crippen molar-refractivity contribution < 1.29 is 4.74 Å². The summed E-state index contributed by atoms with van der Waals surface area (Å²) >= 11 is 5.77. The number of hydrogen-bond donors (Lipinski definition) is 2. The second-order valence-electron chi connectivity index (χ2n) is 3.39. The van der Waals surface area contributed by atoms with Crippen molar-refractivity contribution in [3.8, 4) is 11.8 Å². The molecule has 0 radical (unpaired) electrons. The van der Waals surface area contributed by atoms with Crippen LogP contribution in [0.5, 0.6) is 11.8 Å². The summed E-state index contributed by atoms with van der Waals surface area (Å²) in [5.74, 6) is 0.706. The van der Waals surface area contributed by atoms with E-state index in [1.165, 1.54) is 6.33 Å². The van der Waals surface area contributed by atoms with Gasteiger partial charge in [0.2, 0.25) is 11.2 Å². The standard InChI is InChI=1S/C9H7ClN6O/c1-4-2-5(16-15-4)17-8-6-7(12-3-11-6)13-9(10)14-8/h2-3H,1H3,(H,15,16)(H,11,12,13,14). The number of fused-ring (bicyclic) bond motifs is 1. The first-order chi connectivity index (χ1) is 8.22. The lowest BCUT2D eigenvalue weighted by Gasteiger charge is -2.01. The molecule has 0 aromatic carbocycles. The van der Waals surface area contributed by atoms with Crippen molar-refractivity contribution in [3.63, 3.8) is 0 Å². The Morgan fingerprint density at radius 3 is 3.00 bits per heavy atom. The Bertz CT molecular complexity index is 675. The number of aryl methyl sites for hydroxylation is 1. The SMILES string of the molecule is Cc1cc(Oc2nc(Cl)nc3nc[nH]c23)n[nH]1. The smallest absolute Gasteiger partial charge is 0.251 e. The van der Waals surface area contributed by atoms with E-state index in [4.69, 9.17) is 16.3 Å². The highest BCUT2D eigenvalue weighted by molar-refractivity contribution is 6.28. The van der Waals surface area contributed by atoms with Gasteiger partial charge in [0.15, 0.2) is 5.65 Å². The molecule has 0 amide bonds. The predicted octanol–water partition coefficient (Wildman–Crippen LogP) is 1.83. The van der Waals surface area contributed by atoms with E-state index < -0.39 is 0 Å². The molecule has 86 valence electrons. The van der Waals surface area contributed by atoms with Gasteiger partial charge in [-0.05, 0) is 18.5 Å². The lowest BCUT2D eigenvalue weighted by atomic mass is 10.5. The number of H-pyrrole nitrogens is 2. The molecule has 3 aromatic rings. The first-order valence-corrected chi connectivity index (χ1v) is 5.16. The number of aromatic amines is 2. The Labute approximate surface area is 100 Å². The van der Waals surface area contributed by atoms with Crippen molar-refractivity contribution in [1.82, 2.24) is 30.1 Å². The van der Waals surface area contributed by atoms with Crippen molar-refractivity contribution >= 4 is 22.8 Å². The van der Waals surface area contributed by atoms with Gasteiger partial charge in [-0.1, -0.05) is 0 Å². The highest BCUT2D eigenvalue weighted by atomic mass is 35.5. The van der Waals surface area contributed by atoms with E-state index in [2.05, 4.69) is 30.1 Å². The molecule has 0 unspecified atom stereocenters. The molecule has 0 fully saturated rings. The molecule has 0 saturated heterocycles. The van der Waals surface area contributed by atoms with Gasteiger partial charge in [-0.15, -0.1) is 5.10 Å². The first kappa shape index (κ1) is 10.0. The molecule has 0 saturated carbocycles. The molecule has 0 atom stereocenters. The zero-order chi connectivity index (χ0) is 11.8. The third-order valence-corrected chi connectivity index (χ3v) is 2.28. The topological polar surface area (TPSA) is 92.4 Å². The van der Waals surface area contributed by atoms with Crippen molar-refractivity contribution in [2.24, 2.45) is 0 Å². The summed E-state index contributed by atoms with van der Waals surface area (Å²) in [6.45, 7) is 1.87. The van der Waals surface area contributed by atoms with Gasteiger partial charge in [-0.2, -0.15) is 9.97 Å². The van der Waals surface area contributed by atoms with Crippen LogP contribution in [-0.4, -0.2) is 30.1 Å². The van der Waals surface area contributed by atoms with Crippen LogP contribution in [0.2, 0.25) is 5.28 Å². The minimum atomic E-state index is 0.0758. The van der Waals surface area contributed by atoms with Crippen LogP contribution in [0.1, 0.15) is 5.69 Å². The predicted molar refractivity (Wildman–Crippen MR) is 60.1 cm³/mol. The van der Waals surface area contributed by atoms with Gasteiger partial charge in [-0.3, -0.25) is 5.10 Å². The zero-order valence-corrected chi connectivity index (χ0v) is 9.49. The van der Waals surface area contributed by atoms with Gasteiger partial charge < -0.3 is 9.72 Å². The molecule has 8 heteroatoms. The average molecular weight is 251 g/mol. The van der Waals surface area contributed by atoms with Crippen molar-refractivity contribution in [3.05, 3.63) is 23.4 Å². The van der Waals surface area contributed by atoms with E-state index in [0.29, 0.717) is 22.9 Å². The van der Waals surface area contributed by atoms with Crippen LogP contribution in [0, 0.1) is 6.92 Å². The van der Waals surface area contributed by atoms with Gasteiger partial charge in [0.1, 0.15) is 5.52 Å². The zero-order valence-electron chi connectivity index (χ0n) is 8.73. The van der Waals surface area contributed by atoms with Gasteiger partial charge in [0.25, 0.3) is 5.88 Å². The Morgan fingerprint density at radius 1 is 1.35 bits per heavy atom. The normalized spacial score (nSPS) is 10.9. The molecule has 0 aliphatic carbocycles. The maximum absolute atomic E-state index is 5.77. The summed E-state index contributed by atoms with van der Waals surface area (Å²) in [4.78, 5) is 14.8. The number of halogens is 1. The monoisotopic (exact) mass is 250 g/mol. The van der Waals surface area contributed by atoms with Crippen molar-refractivity contribution in [2.45, 2.75) is 6.92 Å². The largest absolute Gasteiger partial charge is 0.417 e. The Balaban J connectivity index is 2.07. The summed E-state index contributed by atoms with van der Waals surface area (Å²) in [5.41, 5.74) is 1.92. The fourth-order valence-electron chi connectivity index (χ4n) is 1.40. The van der Waals surface area contributed by atoms with E-state index >= 15 is 0 Å². The Hall–Kier alpha value is -2.15. The fourth-order valence-corrected chi connectivity index (χ4v) is 1.56. The molecule has 3 heterocycles. The molecule has 2 N–H and O–H groups in total. The summed E-state index contributed by atoms with van der Waals surface area (Å²) in [7, 11) is 0. The molecule has 3 rings (SSSR count). The molecule has 17 heavy (non-hydrogen) atoms. The van der Waals surface area contributed by atoms with Crippen LogP contribution in [0.3, 0.4) is 0 Å². The highest BCUT2D eigenvalue weighted by Crippen LogP contribution is 2.25. The molecular formula is C9H7ClN6O. The van der Waals surface area contributed by atoms with E-state index in [1.807, 2.05) is 6.92 Å². The molecule has 0 aliphatic rings. The minimum absolute atomic E-state index is 0.0758. The maximum atomic E-state index is 5.77. The quantitative estimate of drug-likeness (QED) is 0.677. The first-order valence-electron chi connectivity index (χ1n) is 4.79. The molecule has 3 aromatic heterocycles. The van der Waals surface area contributed by atoms with Gasteiger partial charge in [-0.25, -0.2) is 4.98 Å². The van der Waals surface area contributed by atoms with E-state index in [9.17, 15) is 0 Å². The minimum Gasteiger partial charge on any atom is -0.417 e. The summed E-state index contributed by atoms with van der Waals surface area (Å²) in [6.07, 6.45) is 1.50. The fraction of sp³-hybridized carbons (Fsp3) is 0.111. The van der Waals surface area contributed by atoms with Crippen molar-refractivity contribution in [2.75, 3.05) is 0 Å². The lowest BCUT2D eigenvalue weighted by molar-refractivity contribution is 0.447. The van der Waals surface area contributed by atoms with E-state index in [-0.39, 0.29) is 5.28 Å². The lowest BCUT2D eigenvalue weighted by Crippen LogP contribution is -1.92. The number of nitrogens with zero attached hydrogens (tertiary/aromatic N) is 4. The molecule has 0 aliphatic heterocycles. The van der Waals surface area contributed by atoms with Crippen LogP contribution in [0.4, 0.5) is 0 Å². The van der Waals surface area contributed by atoms with Crippen LogP contribution in [-0.2, 0) is 0 Å². The summed E-state index contributed by atoms with van der Waals surface area (Å²) in [6, 6.07) is 1.75. The summed E-state index contributed by atoms with van der Waals surface area (Å²) in [5, 5.41) is 6.79. The van der Waals surface area contributed by atoms with Crippen molar-refractivity contribution in [1.29, 1.82) is 0 Å². The van der Waals surface area contributed by atoms with E-state index in [0.717, 1.165) is 5.69 Å². The molecule has 0 bridgehead atoms. The van der Waals surface area contributed by atoms with Crippen LogP contribution in [0.25, 0.3) is 11.2 Å². The molecular weight excluding hydrogens is 244 g/mol. The van der Waals surface area contributed by atoms with E-state index in [1.54, 1.807) is 6.07 Å². The molecule has 7 nitrogen and oxygen atoms in total. The Kier molecular flexibility index (Phi) is 2.19. The number of nitrogens with one attached hydrogen (secondary N) is 2. The number of imidazole rings is 1. The van der Waals surface area contributed by atoms with Gasteiger partial charge in [0, 0.05) is 11.8 Å². The number of hydrogen-bond acceptors (Lipinski definition) is 5. The number of ether oxygens (including phenoxy) is 1. The highest BCUT2D eigenvalue weighted by Gasteiger charge is 2.12. The Morgan fingerprint density at radius 2 is 2.24 bits per heavy atom. The van der Waals surface area contributed by atoms with Crippen LogP contribution in [0.15, 0.2) is 12.4 Å². The third kappa shape index (κ3) is 1.80. The third-order valence-electron chi connectivity index (χ3n) is 2.11. The van der Waals surface area contributed by atoms with Gasteiger partial charge in [0.05, 0.1) is 6.33 Å². The molecule has 0 spiro atoms. The second-order valence-corrected chi connectivity index (χ2v) is 3.73. The maximum Gasteiger partial charge on any atom is 0.251 e. The number of aromatic nitrogens is 6. The number of rotatable bonds is 2. The second kappa shape index (κ2) is 3.70. The summed E-state index contributed by atoms with van der Waals surface area (Å²) < 4.78 is 5.50. The van der Waals surface area contributed by atoms with Crippen LogP contribution < -0.4 is 4.74 Å². The van der Waals surface area contributed by atoms with Gasteiger partial charge >= 0.3 is 0 Å². The van der Waals surface area contributed by atoms with Crippen LogP contribution >= 0.6 is 11.6 Å². The average Bonchev–Trinajstić information content (AvgIpc) is 2.87.